The molecule has 0 aromatic heterocycles. The molecular weight excluding hydrogens is 288 g/mol. The van der Waals surface area contributed by atoms with Gasteiger partial charge in [0, 0.05) is 11.0 Å². The molecular formula is C16H20O4S. The minimum Gasteiger partial charge on any atom is -0.462 e. The normalized spacial score (nSPS) is 12.6. The second-order valence-corrected chi connectivity index (χ2v) is 6.36. The van der Waals surface area contributed by atoms with E-state index < -0.39 is 15.8 Å². The highest BCUT2D eigenvalue weighted by molar-refractivity contribution is 7.94. The Kier molecular flexibility index (Phi) is 6.88. The fraction of sp³-hybridized carbons (Fsp3) is 0.312. The Hall–Kier alpha value is -1.88. The number of rotatable bonds is 7. The Bertz CT molecular complexity index is 613. The van der Waals surface area contributed by atoms with Gasteiger partial charge in [-0.05, 0) is 25.5 Å². The van der Waals surface area contributed by atoms with Crippen LogP contribution in [0.15, 0.2) is 58.4 Å². The quantitative estimate of drug-likeness (QED) is 0.336. The number of sulfone groups is 1. The third-order valence-electron chi connectivity index (χ3n) is 2.73. The smallest absolute Gasteiger partial charge is 0.333 e. The number of carbonyl (C=O) groups excluding carboxylic acids is 1. The zero-order chi connectivity index (χ0) is 15.7. The monoisotopic (exact) mass is 308 g/mol. The van der Waals surface area contributed by atoms with E-state index in [1.807, 2.05) is 6.92 Å². The minimum absolute atomic E-state index is 0.220. The molecule has 114 valence electrons. The first-order chi connectivity index (χ1) is 9.97. The summed E-state index contributed by atoms with van der Waals surface area (Å²) in [6.45, 7) is 3.98. The van der Waals surface area contributed by atoms with Crippen LogP contribution in [-0.2, 0) is 19.4 Å². The molecule has 0 aliphatic heterocycles. The summed E-state index contributed by atoms with van der Waals surface area (Å²) in [6.07, 6.45) is 4.55. The summed E-state index contributed by atoms with van der Waals surface area (Å²) >= 11 is 0. The van der Waals surface area contributed by atoms with Crippen molar-refractivity contribution in [2.45, 2.75) is 31.6 Å². The van der Waals surface area contributed by atoms with Crippen LogP contribution < -0.4 is 0 Å². The molecule has 0 atom stereocenters. The average Bonchev–Trinajstić information content (AvgIpc) is 2.48. The number of carbonyl (C=O) groups is 1. The van der Waals surface area contributed by atoms with Gasteiger partial charge in [-0.1, -0.05) is 43.7 Å². The lowest BCUT2D eigenvalue weighted by atomic mass is 10.3. The Morgan fingerprint density at radius 2 is 1.90 bits per heavy atom. The third kappa shape index (κ3) is 5.95. The first kappa shape index (κ1) is 17.2. The summed E-state index contributed by atoms with van der Waals surface area (Å²) < 4.78 is 28.9. The van der Waals surface area contributed by atoms with Crippen molar-refractivity contribution in [2.24, 2.45) is 0 Å². The van der Waals surface area contributed by atoms with Crippen molar-refractivity contribution < 1.29 is 17.9 Å². The zero-order valence-electron chi connectivity index (χ0n) is 12.3. The van der Waals surface area contributed by atoms with Crippen molar-refractivity contribution in [1.29, 1.82) is 0 Å². The van der Waals surface area contributed by atoms with Gasteiger partial charge in [-0.2, -0.15) is 0 Å². The molecule has 4 nitrogen and oxygen atoms in total. The van der Waals surface area contributed by atoms with Gasteiger partial charge in [0.25, 0.3) is 0 Å². The van der Waals surface area contributed by atoms with Crippen LogP contribution >= 0.6 is 0 Å². The van der Waals surface area contributed by atoms with E-state index in [1.54, 1.807) is 25.1 Å². The lowest BCUT2D eigenvalue weighted by molar-refractivity contribution is -0.139. The molecule has 0 unspecified atom stereocenters. The predicted octanol–water partition coefficient (Wildman–Crippen LogP) is 3.26. The number of esters is 1. The standard InChI is InChI=1S/C16H20O4S/c1-3-4-12-20-16(17)14(2)9-8-13-21(18,19)15-10-6-5-7-11-15/h5-11,13H,3-4,12H2,1-2H3/b13-8+,14-9+. The van der Waals surface area contributed by atoms with Crippen molar-refractivity contribution in [3.8, 4) is 0 Å². The van der Waals surface area contributed by atoms with Crippen LogP contribution in [0.25, 0.3) is 0 Å². The summed E-state index contributed by atoms with van der Waals surface area (Å²) in [4.78, 5) is 11.8. The number of benzene rings is 1. The Morgan fingerprint density at radius 3 is 2.52 bits per heavy atom. The largest absolute Gasteiger partial charge is 0.462 e. The van der Waals surface area contributed by atoms with Crippen LogP contribution in [0.5, 0.6) is 0 Å². The lowest BCUT2D eigenvalue weighted by Crippen LogP contribution is -2.06. The summed E-state index contributed by atoms with van der Waals surface area (Å²) in [5, 5.41) is 1.07. The fourth-order valence-electron chi connectivity index (χ4n) is 1.47. The molecule has 5 heteroatoms. The number of hydrogen-bond acceptors (Lipinski definition) is 4. The molecule has 0 heterocycles. The molecule has 0 amide bonds. The van der Waals surface area contributed by atoms with E-state index in [0.29, 0.717) is 12.2 Å². The maximum atomic E-state index is 12.0. The maximum absolute atomic E-state index is 12.0. The van der Waals surface area contributed by atoms with Crippen molar-refractivity contribution in [2.75, 3.05) is 6.61 Å². The molecule has 1 aromatic carbocycles. The van der Waals surface area contributed by atoms with E-state index in [4.69, 9.17) is 4.74 Å². The van der Waals surface area contributed by atoms with Crippen LogP contribution in [0, 0.1) is 0 Å². The molecule has 21 heavy (non-hydrogen) atoms. The highest BCUT2D eigenvalue weighted by Crippen LogP contribution is 2.11. The molecule has 1 rings (SSSR count). The van der Waals surface area contributed by atoms with Crippen molar-refractivity contribution in [1.82, 2.24) is 0 Å². The Balaban J connectivity index is 2.68. The van der Waals surface area contributed by atoms with E-state index in [0.717, 1.165) is 18.2 Å². The average molecular weight is 308 g/mol. The van der Waals surface area contributed by atoms with Crippen LogP contribution in [0.3, 0.4) is 0 Å². The molecule has 0 spiro atoms. The third-order valence-corrected chi connectivity index (χ3v) is 4.17. The Morgan fingerprint density at radius 1 is 1.24 bits per heavy atom. The molecule has 0 saturated carbocycles. The van der Waals surface area contributed by atoms with Crippen LogP contribution in [0.1, 0.15) is 26.7 Å². The maximum Gasteiger partial charge on any atom is 0.333 e. The second kappa shape index (κ2) is 8.42. The second-order valence-electron chi connectivity index (χ2n) is 4.53. The molecule has 0 bridgehead atoms. The summed E-state index contributed by atoms with van der Waals surface area (Å²) in [6, 6.07) is 8.11. The lowest BCUT2D eigenvalue weighted by Gasteiger charge is -2.02. The predicted molar refractivity (Wildman–Crippen MR) is 82.4 cm³/mol. The molecule has 0 aliphatic rings. The number of unbranched alkanes of at least 4 members (excludes halogenated alkanes) is 1. The van der Waals surface area contributed by atoms with Gasteiger partial charge >= 0.3 is 5.97 Å². The van der Waals surface area contributed by atoms with E-state index >= 15 is 0 Å². The molecule has 0 radical (unpaired) electrons. The van der Waals surface area contributed by atoms with E-state index in [2.05, 4.69) is 0 Å². The van der Waals surface area contributed by atoms with Gasteiger partial charge in [-0.25, -0.2) is 13.2 Å². The Labute approximate surface area is 126 Å². The van der Waals surface area contributed by atoms with Crippen molar-refractivity contribution in [3.63, 3.8) is 0 Å². The fourth-order valence-corrected chi connectivity index (χ4v) is 2.45. The van der Waals surface area contributed by atoms with Gasteiger partial charge in [-0.3, -0.25) is 0 Å². The van der Waals surface area contributed by atoms with Gasteiger partial charge in [0.1, 0.15) is 0 Å². The van der Waals surface area contributed by atoms with E-state index in [9.17, 15) is 13.2 Å². The van der Waals surface area contributed by atoms with Gasteiger partial charge in [0.05, 0.1) is 11.5 Å². The van der Waals surface area contributed by atoms with E-state index in [-0.39, 0.29) is 4.90 Å². The molecule has 0 aliphatic carbocycles. The SMILES string of the molecule is CCCCOC(=O)/C(C)=C/C=C/S(=O)(=O)c1ccccc1. The topological polar surface area (TPSA) is 60.4 Å². The van der Waals surface area contributed by atoms with Crippen LogP contribution in [0.4, 0.5) is 0 Å². The molecule has 0 fully saturated rings. The van der Waals surface area contributed by atoms with E-state index in [1.165, 1.54) is 24.3 Å². The van der Waals surface area contributed by atoms with Gasteiger partial charge in [-0.15, -0.1) is 0 Å². The number of ether oxygens (including phenoxy) is 1. The highest BCUT2D eigenvalue weighted by atomic mass is 32.2. The summed E-state index contributed by atoms with van der Waals surface area (Å²) in [5.74, 6) is -0.426. The van der Waals surface area contributed by atoms with Gasteiger partial charge < -0.3 is 4.74 Å². The van der Waals surface area contributed by atoms with Gasteiger partial charge in [0.2, 0.25) is 0 Å². The van der Waals surface area contributed by atoms with Crippen LogP contribution in [-0.4, -0.2) is 21.0 Å². The molecule has 0 saturated heterocycles. The molecule has 0 N–H and O–H groups in total. The van der Waals surface area contributed by atoms with Gasteiger partial charge in [0.15, 0.2) is 9.84 Å². The summed E-state index contributed by atoms with van der Waals surface area (Å²) in [7, 11) is -3.48. The number of allylic oxidation sites excluding steroid dienone is 2. The molecule has 1 aromatic rings. The highest BCUT2D eigenvalue weighted by Gasteiger charge is 2.08. The first-order valence-corrected chi connectivity index (χ1v) is 8.34. The number of hydrogen-bond donors (Lipinski definition) is 0. The van der Waals surface area contributed by atoms with Crippen molar-refractivity contribution in [3.05, 3.63) is 53.5 Å². The van der Waals surface area contributed by atoms with Crippen molar-refractivity contribution >= 4 is 15.8 Å². The summed E-state index contributed by atoms with van der Waals surface area (Å²) in [5.41, 5.74) is 0.366. The van der Waals surface area contributed by atoms with Crippen LogP contribution in [0.2, 0.25) is 0 Å². The zero-order valence-corrected chi connectivity index (χ0v) is 13.1. The first-order valence-electron chi connectivity index (χ1n) is 6.79. The minimum atomic E-state index is -3.48.